The van der Waals surface area contributed by atoms with Crippen molar-refractivity contribution in [3.05, 3.63) is 36.5 Å². The van der Waals surface area contributed by atoms with Gasteiger partial charge in [0.15, 0.2) is 0 Å². The van der Waals surface area contributed by atoms with Gasteiger partial charge in [-0.05, 0) is 38.5 Å². The van der Waals surface area contributed by atoms with Crippen LogP contribution < -0.4 is 5.32 Å². The lowest BCUT2D eigenvalue weighted by atomic mass is 10.0. The van der Waals surface area contributed by atoms with E-state index < -0.39 is 12.1 Å². The number of rotatable bonds is 37. The van der Waals surface area contributed by atoms with E-state index in [1.54, 1.807) is 6.08 Å². The van der Waals surface area contributed by atoms with E-state index in [0.29, 0.717) is 12.8 Å². The Balaban J connectivity index is 3.61. The van der Waals surface area contributed by atoms with Gasteiger partial charge in [0.25, 0.3) is 0 Å². The normalized spacial score (nSPS) is 13.4. The molecule has 1 amide bonds. The van der Waals surface area contributed by atoms with E-state index in [9.17, 15) is 15.0 Å². The Morgan fingerprint density at radius 1 is 0.511 bits per heavy atom. The second kappa shape index (κ2) is 39.1. The predicted molar refractivity (Wildman–Crippen MR) is 207 cm³/mol. The highest BCUT2D eigenvalue weighted by Crippen LogP contribution is 2.15. The number of aliphatic hydroxyl groups excluding tert-OH is 2. The Labute approximate surface area is 293 Å². The molecule has 0 heterocycles. The van der Waals surface area contributed by atoms with Gasteiger partial charge in [-0.1, -0.05) is 204 Å². The zero-order valence-corrected chi connectivity index (χ0v) is 31.5. The van der Waals surface area contributed by atoms with E-state index in [1.807, 2.05) is 12.2 Å². The van der Waals surface area contributed by atoms with Gasteiger partial charge in [-0.15, -0.1) is 0 Å². The fourth-order valence-electron chi connectivity index (χ4n) is 6.17. The molecule has 47 heavy (non-hydrogen) atoms. The number of carbonyl (C=O) groups is 1. The molecular weight excluding hydrogens is 578 g/mol. The zero-order valence-electron chi connectivity index (χ0n) is 31.5. The molecule has 4 heteroatoms. The molecule has 0 spiro atoms. The van der Waals surface area contributed by atoms with Gasteiger partial charge in [-0.2, -0.15) is 0 Å². The van der Waals surface area contributed by atoms with E-state index in [-0.39, 0.29) is 12.5 Å². The molecule has 0 rings (SSSR count). The van der Waals surface area contributed by atoms with E-state index >= 15 is 0 Å². The van der Waals surface area contributed by atoms with Crippen molar-refractivity contribution in [1.29, 1.82) is 0 Å². The summed E-state index contributed by atoms with van der Waals surface area (Å²) in [7, 11) is 0. The Morgan fingerprint density at radius 3 is 1.28 bits per heavy atom. The molecular formula is C43H81NO3. The number of allylic oxidation sites excluding steroid dienone is 5. The molecule has 3 N–H and O–H groups in total. The summed E-state index contributed by atoms with van der Waals surface area (Å²) in [5.74, 6) is -0.131. The molecule has 0 fully saturated rings. The topological polar surface area (TPSA) is 69.6 Å². The third-order valence-electron chi connectivity index (χ3n) is 9.38. The van der Waals surface area contributed by atoms with Crippen LogP contribution in [0.4, 0.5) is 0 Å². The number of unbranched alkanes of at least 4 members (excludes halogenated alkanes) is 26. The van der Waals surface area contributed by atoms with Gasteiger partial charge in [-0.3, -0.25) is 4.79 Å². The molecule has 0 saturated carbocycles. The van der Waals surface area contributed by atoms with E-state index in [0.717, 1.165) is 25.7 Å². The average molecular weight is 660 g/mol. The van der Waals surface area contributed by atoms with Crippen LogP contribution in [0.3, 0.4) is 0 Å². The van der Waals surface area contributed by atoms with E-state index in [2.05, 4.69) is 37.4 Å². The van der Waals surface area contributed by atoms with Crippen molar-refractivity contribution in [3.63, 3.8) is 0 Å². The lowest BCUT2D eigenvalue weighted by molar-refractivity contribution is -0.122. The fourth-order valence-corrected chi connectivity index (χ4v) is 6.17. The summed E-state index contributed by atoms with van der Waals surface area (Å²) in [6, 6.07) is -0.650. The molecule has 0 aliphatic heterocycles. The maximum Gasteiger partial charge on any atom is 0.220 e. The van der Waals surface area contributed by atoms with Crippen LogP contribution in [0.25, 0.3) is 0 Å². The summed E-state index contributed by atoms with van der Waals surface area (Å²) in [6.07, 6.45) is 51.2. The minimum atomic E-state index is -0.860. The lowest BCUT2D eigenvalue weighted by Crippen LogP contribution is -2.45. The van der Waals surface area contributed by atoms with Crippen LogP contribution >= 0.6 is 0 Å². The summed E-state index contributed by atoms with van der Waals surface area (Å²) in [5, 5.41) is 22.9. The molecule has 4 nitrogen and oxygen atoms in total. The van der Waals surface area contributed by atoms with Gasteiger partial charge in [0.2, 0.25) is 5.91 Å². The van der Waals surface area contributed by atoms with Gasteiger partial charge in [0.1, 0.15) is 0 Å². The molecule has 0 bridgehead atoms. The molecule has 0 radical (unpaired) electrons. The van der Waals surface area contributed by atoms with Crippen LogP contribution in [0.15, 0.2) is 36.5 Å². The Bertz CT molecular complexity index is 716. The molecule has 0 saturated heterocycles. The predicted octanol–water partition coefficient (Wildman–Crippen LogP) is 12.6. The number of amides is 1. The van der Waals surface area contributed by atoms with Crippen LogP contribution in [0, 0.1) is 0 Å². The SMILES string of the molecule is CCCCCCCC/C=C\C/C=C\CCC(=O)NC(CO)C(O)/C=C/CCCCCCCCCCCCCCCCCCCCCC. The Morgan fingerprint density at radius 2 is 0.872 bits per heavy atom. The number of hydrogen-bond acceptors (Lipinski definition) is 3. The van der Waals surface area contributed by atoms with E-state index in [4.69, 9.17) is 0 Å². The number of carbonyl (C=O) groups excluding carboxylic acids is 1. The third-order valence-corrected chi connectivity index (χ3v) is 9.38. The molecule has 0 aliphatic carbocycles. The maximum atomic E-state index is 12.3. The lowest BCUT2D eigenvalue weighted by Gasteiger charge is -2.19. The standard InChI is InChI=1S/C43H81NO3/c1-3-5-7-9-11-13-15-17-18-19-20-21-22-23-24-25-27-28-30-32-34-36-38-42(46)41(40-45)44-43(47)39-37-35-33-31-29-26-16-14-12-10-8-6-4-2/h26,29,33,35-36,38,41-42,45-46H,3-25,27-28,30-32,34,37,39-40H2,1-2H3,(H,44,47)/b29-26-,35-33-,38-36+. The number of hydrogen-bond donors (Lipinski definition) is 3. The first-order valence-electron chi connectivity index (χ1n) is 20.7. The van der Waals surface area contributed by atoms with Gasteiger partial charge in [-0.25, -0.2) is 0 Å². The molecule has 0 aliphatic rings. The first-order valence-corrected chi connectivity index (χ1v) is 20.7. The first kappa shape index (κ1) is 45.6. The van der Waals surface area contributed by atoms with Crippen LogP contribution in [0.5, 0.6) is 0 Å². The molecule has 2 unspecified atom stereocenters. The smallest absolute Gasteiger partial charge is 0.220 e. The molecule has 276 valence electrons. The minimum absolute atomic E-state index is 0.131. The first-order chi connectivity index (χ1) is 23.2. The Kier molecular flexibility index (Phi) is 37.9. The molecule has 0 aromatic carbocycles. The van der Waals surface area contributed by atoms with Gasteiger partial charge < -0.3 is 15.5 Å². The highest BCUT2D eigenvalue weighted by Gasteiger charge is 2.17. The summed E-state index contributed by atoms with van der Waals surface area (Å²) in [6.45, 7) is 4.27. The van der Waals surface area contributed by atoms with Crippen molar-refractivity contribution in [2.75, 3.05) is 6.61 Å². The highest BCUT2D eigenvalue weighted by molar-refractivity contribution is 5.76. The summed E-state index contributed by atoms with van der Waals surface area (Å²) in [5.41, 5.74) is 0. The van der Waals surface area contributed by atoms with Crippen LogP contribution in [0.1, 0.15) is 213 Å². The fraction of sp³-hybridized carbons (Fsp3) is 0.837. The van der Waals surface area contributed by atoms with Gasteiger partial charge in [0, 0.05) is 6.42 Å². The van der Waals surface area contributed by atoms with Crippen molar-refractivity contribution < 1.29 is 15.0 Å². The average Bonchev–Trinajstić information content (AvgIpc) is 3.07. The summed E-state index contributed by atoms with van der Waals surface area (Å²) >= 11 is 0. The molecule has 2 atom stereocenters. The molecule has 0 aromatic rings. The van der Waals surface area contributed by atoms with Gasteiger partial charge >= 0.3 is 0 Å². The number of aliphatic hydroxyl groups is 2. The van der Waals surface area contributed by atoms with Gasteiger partial charge in [0.05, 0.1) is 18.8 Å². The third kappa shape index (κ3) is 35.7. The Hall–Kier alpha value is -1.39. The van der Waals surface area contributed by atoms with Crippen molar-refractivity contribution in [2.24, 2.45) is 0 Å². The van der Waals surface area contributed by atoms with Crippen LogP contribution in [-0.4, -0.2) is 34.9 Å². The zero-order chi connectivity index (χ0) is 34.3. The largest absolute Gasteiger partial charge is 0.394 e. The van der Waals surface area contributed by atoms with Crippen molar-refractivity contribution >= 4 is 5.91 Å². The molecule has 0 aromatic heterocycles. The van der Waals surface area contributed by atoms with Crippen LogP contribution in [-0.2, 0) is 4.79 Å². The minimum Gasteiger partial charge on any atom is -0.394 e. The van der Waals surface area contributed by atoms with Crippen molar-refractivity contribution in [3.8, 4) is 0 Å². The van der Waals surface area contributed by atoms with Crippen LogP contribution in [0.2, 0.25) is 0 Å². The summed E-state index contributed by atoms with van der Waals surface area (Å²) < 4.78 is 0. The van der Waals surface area contributed by atoms with Crippen molar-refractivity contribution in [2.45, 2.75) is 225 Å². The quantitative estimate of drug-likeness (QED) is 0.0459. The monoisotopic (exact) mass is 660 g/mol. The second-order valence-corrected chi connectivity index (χ2v) is 14.1. The summed E-state index contributed by atoms with van der Waals surface area (Å²) in [4.78, 5) is 12.3. The maximum absolute atomic E-state index is 12.3. The van der Waals surface area contributed by atoms with Crippen molar-refractivity contribution in [1.82, 2.24) is 5.32 Å². The second-order valence-electron chi connectivity index (χ2n) is 14.1. The highest BCUT2D eigenvalue weighted by atomic mass is 16.3. The number of nitrogens with one attached hydrogen (secondary N) is 1. The van der Waals surface area contributed by atoms with E-state index in [1.165, 1.54) is 161 Å².